The molecular weight excluding hydrogens is 464 g/mol. The fourth-order valence-corrected chi connectivity index (χ4v) is 3.42. The van der Waals surface area contributed by atoms with E-state index < -0.39 is 29.5 Å². The number of nitrogens with one attached hydrogen (secondary N) is 3. The van der Waals surface area contributed by atoms with Crippen LogP contribution in [-0.4, -0.2) is 48.2 Å². The zero-order chi connectivity index (χ0) is 26.6. The number of ether oxygens (including phenoxy) is 2. The third kappa shape index (κ3) is 5.90. The van der Waals surface area contributed by atoms with Crippen molar-refractivity contribution in [2.45, 2.75) is 26.4 Å². The maximum atomic E-state index is 13.2. The van der Waals surface area contributed by atoms with Gasteiger partial charge in [0.05, 0.1) is 25.0 Å². The van der Waals surface area contributed by atoms with Gasteiger partial charge in [-0.2, -0.15) is 0 Å². The van der Waals surface area contributed by atoms with E-state index in [-0.39, 0.29) is 18.1 Å². The molecule has 0 spiro atoms. The molecule has 3 rings (SSSR count). The number of rotatable bonds is 6. The largest absolute Gasteiger partial charge is 0.464 e. The fraction of sp³-hybridized carbons (Fsp3) is 0.231. The fourth-order valence-electron chi connectivity index (χ4n) is 3.42. The molecule has 0 atom stereocenters. The first-order chi connectivity index (χ1) is 16.9. The third-order valence-electron chi connectivity index (χ3n) is 5.08. The number of benzene rings is 2. The molecule has 0 bridgehead atoms. The van der Waals surface area contributed by atoms with Crippen LogP contribution in [0.15, 0.2) is 67.0 Å². The van der Waals surface area contributed by atoms with E-state index in [0.717, 1.165) is 18.2 Å². The van der Waals surface area contributed by atoms with Gasteiger partial charge in [-0.3, -0.25) is 19.8 Å². The predicted molar refractivity (Wildman–Crippen MR) is 135 cm³/mol. The second-order valence-corrected chi connectivity index (χ2v) is 8.87. The number of methoxy groups -OCH3 is 1. The van der Waals surface area contributed by atoms with Crippen LogP contribution in [0.1, 0.15) is 31.1 Å². The second-order valence-electron chi connectivity index (χ2n) is 8.87. The molecule has 36 heavy (non-hydrogen) atoms. The summed E-state index contributed by atoms with van der Waals surface area (Å²) in [5.74, 6) is -1.99. The average molecular weight is 493 g/mol. The molecule has 0 unspecified atom stereocenters. The van der Waals surface area contributed by atoms with E-state index in [0.29, 0.717) is 16.9 Å². The first kappa shape index (κ1) is 26.0. The molecule has 10 heteroatoms. The monoisotopic (exact) mass is 492 g/mol. The maximum absolute atomic E-state index is 13.2. The molecule has 0 radical (unpaired) electrons. The highest BCUT2D eigenvalue weighted by Gasteiger charge is 2.30. The summed E-state index contributed by atoms with van der Waals surface area (Å²) in [4.78, 5) is 50.3. The van der Waals surface area contributed by atoms with Gasteiger partial charge in [-0.25, -0.2) is 9.59 Å². The Kier molecular flexibility index (Phi) is 7.47. The number of hydrogen-bond donors (Lipinski definition) is 3. The smallest absolute Gasteiger partial charge is 0.412 e. The van der Waals surface area contributed by atoms with Crippen molar-refractivity contribution in [1.82, 2.24) is 10.2 Å². The van der Waals surface area contributed by atoms with Gasteiger partial charge in [0.25, 0.3) is 11.8 Å². The Bertz CT molecular complexity index is 1240. The number of hydrogen-bond acceptors (Lipinski definition) is 7. The predicted octanol–water partition coefficient (Wildman–Crippen LogP) is 3.84. The third-order valence-corrected chi connectivity index (χ3v) is 5.08. The lowest BCUT2D eigenvalue weighted by Gasteiger charge is -2.31. The van der Waals surface area contributed by atoms with Crippen molar-refractivity contribution in [2.75, 3.05) is 24.4 Å². The lowest BCUT2D eigenvalue weighted by Crippen LogP contribution is -2.44. The molecule has 1 heterocycles. The molecular formula is C26H28N4O6. The normalized spacial score (nSPS) is 12.6. The maximum Gasteiger partial charge on any atom is 0.412 e. The van der Waals surface area contributed by atoms with Gasteiger partial charge in [0.15, 0.2) is 0 Å². The number of carbonyl (C=O) groups excluding carboxylic acids is 4. The highest BCUT2D eigenvalue weighted by Crippen LogP contribution is 2.35. The molecule has 188 valence electrons. The van der Waals surface area contributed by atoms with Crippen LogP contribution in [0.5, 0.6) is 0 Å². The summed E-state index contributed by atoms with van der Waals surface area (Å²) >= 11 is 0. The van der Waals surface area contributed by atoms with Crippen molar-refractivity contribution in [1.29, 1.82) is 0 Å². The minimum absolute atomic E-state index is 0.0158. The topological polar surface area (TPSA) is 126 Å². The van der Waals surface area contributed by atoms with Crippen LogP contribution in [0.3, 0.4) is 0 Å². The first-order valence-electron chi connectivity index (χ1n) is 11.0. The van der Waals surface area contributed by atoms with Crippen molar-refractivity contribution in [3.05, 3.63) is 72.6 Å². The molecule has 0 saturated heterocycles. The highest BCUT2D eigenvalue weighted by molar-refractivity contribution is 6.09. The van der Waals surface area contributed by atoms with Gasteiger partial charge in [0.1, 0.15) is 17.0 Å². The molecule has 3 amide bonds. The average Bonchev–Trinajstić information content (AvgIpc) is 2.82. The Labute approximate surface area is 208 Å². The Hall–Kier alpha value is -4.60. The molecule has 0 aromatic heterocycles. The SMILES string of the molecule is C=C(NC(=O)C(=C)N1CNc2c(cccc2-c2ccc(NC(=O)OC(C)(C)C)cc2)C1=O)C(=O)OC. The van der Waals surface area contributed by atoms with Crippen LogP contribution < -0.4 is 16.0 Å². The lowest BCUT2D eigenvalue weighted by molar-refractivity contribution is -0.137. The van der Waals surface area contributed by atoms with E-state index in [1.165, 1.54) is 4.90 Å². The summed E-state index contributed by atoms with van der Waals surface area (Å²) in [6.07, 6.45) is -0.556. The molecule has 10 nitrogen and oxygen atoms in total. The van der Waals surface area contributed by atoms with Gasteiger partial charge >= 0.3 is 12.1 Å². The molecule has 3 N–H and O–H groups in total. The van der Waals surface area contributed by atoms with Gasteiger partial charge in [-0.1, -0.05) is 37.4 Å². The van der Waals surface area contributed by atoms with E-state index in [4.69, 9.17) is 4.74 Å². The van der Waals surface area contributed by atoms with Gasteiger partial charge in [-0.15, -0.1) is 0 Å². The van der Waals surface area contributed by atoms with Crippen LogP contribution in [0.2, 0.25) is 0 Å². The van der Waals surface area contributed by atoms with Crippen LogP contribution in [0.4, 0.5) is 16.2 Å². The summed E-state index contributed by atoms with van der Waals surface area (Å²) in [5.41, 5.74) is 2.03. The molecule has 0 saturated carbocycles. The van der Waals surface area contributed by atoms with Gasteiger partial charge < -0.3 is 20.1 Å². The Morgan fingerprint density at radius 3 is 2.28 bits per heavy atom. The van der Waals surface area contributed by atoms with Crippen LogP contribution in [0.25, 0.3) is 11.1 Å². The van der Waals surface area contributed by atoms with E-state index in [1.807, 2.05) is 18.2 Å². The number of esters is 1. The van der Waals surface area contributed by atoms with Crippen molar-refractivity contribution in [3.63, 3.8) is 0 Å². The molecule has 0 fully saturated rings. The minimum Gasteiger partial charge on any atom is -0.464 e. The Morgan fingerprint density at radius 1 is 1.03 bits per heavy atom. The van der Waals surface area contributed by atoms with Gasteiger partial charge in [0, 0.05) is 11.3 Å². The number of nitrogens with zero attached hydrogens (tertiary/aromatic N) is 1. The summed E-state index contributed by atoms with van der Waals surface area (Å²) in [7, 11) is 1.16. The molecule has 2 aromatic carbocycles. The van der Waals surface area contributed by atoms with E-state index in [1.54, 1.807) is 45.0 Å². The Balaban J connectivity index is 1.77. The summed E-state index contributed by atoms with van der Waals surface area (Å²) in [5, 5.41) is 8.12. The minimum atomic E-state index is -0.804. The van der Waals surface area contributed by atoms with Crippen LogP contribution >= 0.6 is 0 Å². The molecule has 2 aromatic rings. The molecule has 1 aliphatic heterocycles. The summed E-state index contributed by atoms with van der Waals surface area (Å²) < 4.78 is 9.77. The molecule has 1 aliphatic rings. The standard InChI is InChI=1S/C26H28N4O6/c1-15(24(33)35-6)28-22(31)16(2)30-14-27-21-19(8-7-9-20(21)23(30)32)17-10-12-18(13-11-17)29-25(34)36-26(3,4)5/h7-13,27H,1-2,14H2,3-6H3,(H,28,31)(H,29,34). The van der Waals surface area contributed by atoms with Crippen LogP contribution in [0, 0.1) is 0 Å². The van der Waals surface area contributed by atoms with E-state index >= 15 is 0 Å². The van der Waals surface area contributed by atoms with E-state index in [2.05, 4.69) is 33.8 Å². The Morgan fingerprint density at radius 2 is 1.67 bits per heavy atom. The van der Waals surface area contributed by atoms with Crippen molar-refractivity contribution < 1.29 is 28.7 Å². The number of amides is 3. The quantitative estimate of drug-likeness (QED) is 0.413. The zero-order valence-electron chi connectivity index (χ0n) is 20.6. The zero-order valence-corrected chi connectivity index (χ0v) is 20.6. The van der Waals surface area contributed by atoms with Crippen LogP contribution in [-0.2, 0) is 19.1 Å². The van der Waals surface area contributed by atoms with Crippen molar-refractivity contribution in [2.24, 2.45) is 0 Å². The summed E-state index contributed by atoms with van der Waals surface area (Å²) in [6.45, 7) is 12.5. The second kappa shape index (κ2) is 10.3. The van der Waals surface area contributed by atoms with Gasteiger partial charge in [-0.05, 0) is 44.5 Å². The number of para-hydroxylation sites is 1. The van der Waals surface area contributed by atoms with Crippen molar-refractivity contribution in [3.8, 4) is 11.1 Å². The lowest BCUT2D eigenvalue weighted by atomic mass is 9.98. The summed E-state index contributed by atoms with van der Waals surface area (Å²) in [6, 6.07) is 12.3. The number of carbonyl (C=O) groups is 4. The number of anilines is 2. The first-order valence-corrected chi connectivity index (χ1v) is 11.0. The van der Waals surface area contributed by atoms with Crippen molar-refractivity contribution >= 4 is 35.3 Å². The van der Waals surface area contributed by atoms with Gasteiger partial charge in [0.2, 0.25) is 0 Å². The highest BCUT2D eigenvalue weighted by atomic mass is 16.6. The van der Waals surface area contributed by atoms with E-state index in [9.17, 15) is 19.2 Å². The number of fused-ring (bicyclic) bond motifs is 1. The molecule has 0 aliphatic carbocycles.